The second-order valence-electron chi connectivity index (χ2n) is 11.5. The van der Waals surface area contributed by atoms with Gasteiger partial charge in [-0.25, -0.2) is 4.79 Å². The number of guanidine groups is 2. The van der Waals surface area contributed by atoms with Gasteiger partial charge in [-0.05, 0) is 55.0 Å². The number of aromatic nitrogens is 1. The van der Waals surface area contributed by atoms with Gasteiger partial charge >= 0.3 is 5.97 Å². The number of aliphatic imine (C=N–C) groups is 2. The summed E-state index contributed by atoms with van der Waals surface area (Å²) < 4.78 is 0. The zero-order chi connectivity index (χ0) is 35.9. The molecule has 0 bridgehead atoms. The summed E-state index contributed by atoms with van der Waals surface area (Å²) in [7, 11) is 0. The van der Waals surface area contributed by atoms with Crippen molar-refractivity contribution in [1.82, 2.24) is 20.9 Å². The molecule has 17 nitrogen and oxygen atoms in total. The van der Waals surface area contributed by atoms with E-state index in [1.807, 2.05) is 24.3 Å². The van der Waals surface area contributed by atoms with Crippen molar-refractivity contribution in [3.8, 4) is 5.75 Å². The molecule has 0 aliphatic rings. The Morgan fingerprint density at radius 2 is 1.29 bits per heavy atom. The Morgan fingerprint density at radius 3 is 1.90 bits per heavy atom. The summed E-state index contributed by atoms with van der Waals surface area (Å²) in [6.07, 6.45) is 2.60. The van der Waals surface area contributed by atoms with E-state index >= 15 is 0 Å². The third-order valence-electron chi connectivity index (χ3n) is 7.61. The molecule has 3 rings (SSSR count). The Balaban J connectivity index is 1.86. The first-order valence-electron chi connectivity index (χ1n) is 15.7. The molecule has 0 fully saturated rings. The highest BCUT2D eigenvalue weighted by molar-refractivity contribution is 5.95. The van der Waals surface area contributed by atoms with Gasteiger partial charge in [-0.15, -0.1) is 0 Å². The quantitative estimate of drug-likeness (QED) is 0.0399. The van der Waals surface area contributed by atoms with E-state index in [4.69, 9.17) is 28.7 Å². The van der Waals surface area contributed by atoms with Gasteiger partial charge in [0.2, 0.25) is 17.7 Å². The van der Waals surface area contributed by atoms with Crippen LogP contribution in [0, 0.1) is 0 Å². The van der Waals surface area contributed by atoms with E-state index in [9.17, 15) is 29.4 Å². The minimum atomic E-state index is -1.30. The van der Waals surface area contributed by atoms with E-state index in [0.29, 0.717) is 17.5 Å². The highest BCUT2D eigenvalue weighted by Crippen LogP contribution is 2.20. The largest absolute Gasteiger partial charge is 0.508 e. The van der Waals surface area contributed by atoms with Crippen LogP contribution >= 0.6 is 0 Å². The number of H-pyrrole nitrogens is 1. The number of carboxylic acid groups (broad SMARTS) is 1. The molecule has 264 valence electrons. The van der Waals surface area contributed by atoms with Crippen molar-refractivity contribution in [2.75, 3.05) is 13.1 Å². The van der Waals surface area contributed by atoms with Gasteiger partial charge in [0.1, 0.15) is 23.9 Å². The van der Waals surface area contributed by atoms with Gasteiger partial charge in [-0.3, -0.25) is 24.4 Å². The van der Waals surface area contributed by atoms with Crippen LogP contribution in [-0.4, -0.2) is 88.1 Å². The van der Waals surface area contributed by atoms with Crippen LogP contribution in [0.1, 0.15) is 36.8 Å². The predicted octanol–water partition coefficient (Wildman–Crippen LogP) is -1.37. The van der Waals surface area contributed by atoms with Gasteiger partial charge in [0.25, 0.3) is 0 Å². The fourth-order valence-corrected chi connectivity index (χ4v) is 5.04. The van der Waals surface area contributed by atoms with E-state index in [1.54, 1.807) is 18.3 Å². The molecule has 0 aliphatic heterocycles. The number of carbonyl (C=O) groups is 4. The average Bonchev–Trinajstić information content (AvgIpc) is 3.46. The second kappa shape index (κ2) is 18.5. The lowest BCUT2D eigenvalue weighted by Gasteiger charge is -2.25. The molecular formula is C32H45N11O6. The monoisotopic (exact) mass is 679 g/mol. The number of hydrogen-bond acceptors (Lipinski definition) is 8. The summed E-state index contributed by atoms with van der Waals surface area (Å²) in [5, 5.41) is 28.3. The standard InChI is InChI=1S/C32H45N11O6/c33-22(6-3-13-38-31(34)35)27(45)42-25(15-18-9-11-20(44)12-10-18)28(46)43-26(16-19-17-40-23-7-2-1-5-21(19)23)29(47)41-24(30(48)49)8-4-14-39-32(36)37/h1-2,5,7,9-12,17,22,24-26,40,44H,3-4,6,8,13-16,33H2,(H,41,47)(H,42,45)(H,43,46)(H,48,49)(H4,34,35,38)(H4,36,37,39)/t22-,24-,25-,26-/m0/s1. The van der Waals surface area contributed by atoms with Crippen molar-refractivity contribution in [1.29, 1.82) is 0 Å². The van der Waals surface area contributed by atoms with Crippen LogP contribution < -0.4 is 44.6 Å². The highest BCUT2D eigenvalue weighted by atomic mass is 16.4. The van der Waals surface area contributed by atoms with Gasteiger partial charge in [0.15, 0.2) is 11.9 Å². The van der Waals surface area contributed by atoms with Gasteiger partial charge in [0.05, 0.1) is 6.04 Å². The molecule has 3 amide bonds. The van der Waals surface area contributed by atoms with Crippen LogP contribution in [0.15, 0.2) is 64.7 Å². The average molecular weight is 680 g/mol. The van der Waals surface area contributed by atoms with Gasteiger partial charge in [-0.1, -0.05) is 30.3 Å². The van der Waals surface area contributed by atoms with E-state index in [1.165, 1.54) is 12.1 Å². The van der Waals surface area contributed by atoms with Crippen molar-refractivity contribution in [3.63, 3.8) is 0 Å². The topological polar surface area (TPSA) is 315 Å². The smallest absolute Gasteiger partial charge is 0.326 e. The lowest BCUT2D eigenvalue weighted by Crippen LogP contribution is -2.58. The molecule has 0 radical (unpaired) electrons. The van der Waals surface area contributed by atoms with Gasteiger partial charge in [-0.2, -0.15) is 0 Å². The van der Waals surface area contributed by atoms with Crippen LogP contribution in [0.5, 0.6) is 5.75 Å². The number of rotatable bonds is 19. The fraction of sp³-hybridized carbons (Fsp3) is 0.375. The summed E-state index contributed by atoms with van der Waals surface area (Å²) >= 11 is 0. The molecule has 0 saturated carbocycles. The molecule has 0 aliphatic carbocycles. The first-order chi connectivity index (χ1) is 23.3. The van der Waals surface area contributed by atoms with Gasteiger partial charge in [0, 0.05) is 43.0 Å². The van der Waals surface area contributed by atoms with E-state index in [0.717, 1.165) is 10.9 Å². The summed E-state index contributed by atoms with van der Waals surface area (Å²) in [5.74, 6) is -3.57. The van der Waals surface area contributed by atoms with E-state index < -0.39 is 47.9 Å². The third kappa shape index (κ3) is 12.4. The minimum Gasteiger partial charge on any atom is -0.508 e. The number of carbonyl (C=O) groups excluding carboxylic acids is 3. The number of nitrogens with one attached hydrogen (secondary N) is 4. The lowest BCUT2D eigenvalue weighted by molar-refractivity contribution is -0.142. The SMILES string of the molecule is NC(N)=NCCC[C@H](NC(=O)[C@H](Cc1c[nH]c2ccccc12)NC(=O)[C@H](Cc1ccc(O)cc1)NC(=O)[C@@H](N)CCCN=C(N)N)C(=O)O. The molecule has 49 heavy (non-hydrogen) atoms. The zero-order valence-electron chi connectivity index (χ0n) is 27.0. The Kier molecular flexibility index (Phi) is 14.2. The highest BCUT2D eigenvalue weighted by Gasteiger charge is 2.31. The number of aromatic hydroxyl groups is 1. The van der Waals surface area contributed by atoms with Gasteiger partial charge < -0.3 is 59.8 Å². The summed E-state index contributed by atoms with van der Waals surface area (Å²) in [5.41, 5.74) is 29.6. The third-order valence-corrected chi connectivity index (χ3v) is 7.61. The number of phenolic OH excluding ortho intramolecular Hbond substituents is 1. The normalized spacial score (nSPS) is 13.3. The minimum absolute atomic E-state index is 0.00783. The Bertz CT molecular complexity index is 1630. The number of phenols is 1. The van der Waals surface area contributed by atoms with Crippen LogP contribution in [0.25, 0.3) is 10.9 Å². The number of nitrogens with zero attached hydrogens (tertiary/aromatic N) is 2. The molecule has 17 heteroatoms. The summed E-state index contributed by atoms with van der Waals surface area (Å²) in [6, 6.07) is 8.69. The van der Waals surface area contributed by atoms with Crippen molar-refractivity contribution in [2.45, 2.75) is 62.7 Å². The molecule has 2 aromatic carbocycles. The Hall–Kier alpha value is -5.84. The maximum Gasteiger partial charge on any atom is 0.326 e. The van der Waals surface area contributed by atoms with Crippen molar-refractivity contribution in [3.05, 3.63) is 65.9 Å². The molecule has 1 heterocycles. The van der Waals surface area contributed by atoms with Crippen molar-refractivity contribution < 1.29 is 29.4 Å². The number of benzene rings is 2. The molecule has 0 unspecified atom stereocenters. The fourth-order valence-electron chi connectivity index (χ4n) is 5.04. The van der Waals surface area contributed by atoms with Crippen molar-refractivity contribution in [2.24, 2.45) is 38.7 Å². The number of amides is 3. The van der Waals surface area contributed by atoms with Crippen LogP contribution in [0.3, 0.4) is 0 Å². The number of hydrogen-bond donors (Lipinski definition) is 11. The number of carboxylic acids is 1. The van der Waals surface area contributed by atoms with Crippen LogP contribution in [0.2, 0.25) is 0 Å². The van der Waals surface area contributed by atoms with Crippen LogP contribution in [0.4, 0.5) is 0 Å². The Labute approximate surface area is 282 Å². The van der Waals surface area contributed by atoms with Crippen LogP contribution in [-0.2, 0) is 32.0 Å². The lowest BCUT2D eigenvalue weighted by atomic mass is 10.0. The molecular weight excluding hydrogens is 634 g/mol. The first kappa shape index (κ1) is 37.6. The van der Waals surface area contributed by atoms with E-state index in [2.05, 4.69) is 30.9 Å². The molecule has 4 atom stereocenters. The molecule has 0 spiro atoms. The number of aliphatic carboxylic acids is 1. The molecule has 16 N–H and O–H groups in total. The summed E-state index contributed by atoms with van der Waals surface area (Å²) in [4.78, 5) is 63.6. The number of aromatic amines is 1. The maximum absolute atomic E-state index is 13.9. The molecule has 0 saturated heterocycles. The Morgan fingerprint density at radius 1 is 0.735 bits per heavy atom. The van der Waals surface area contributed by atoms with Crippen molar-refractivity contribution >= 4 is 46.5 Å². The summed E-state index contributed by atoms with van der Waals surface area (Å²) in [6.45, 7) is 0.420. The number of para-hydroxylation sites is 1. The predicted molar refractivity (Wildman–Crippen MR) is 185 cm³/mol. The van der Waals surface area contributed by atoms with E-state index in [-0.39, 0.29) is 62.9 Å². The zero-order valence-corrected chi connectivity index (χ0v) is 27.0. The first-order valence-corrected chi connectivity index (χ1v) is 15.7. The maximum atomic E-state index is 13.9. The molecule has 1 aromatic heterocycles. The second-order valence-corrected chi connectivity index (χ2v) is 11.5. The number of nitrogens with two attached hydrogens (primary N) is 5. The number of fused-ring (bicyclic) bond motifs is 1. The molecule has 3 aromatic rings.